The van der Waals surface area contributed by atoms with Crippen molar-refractivity contribution in [3.05, 3.63) is 24.0 Å². The molecule has 0 aromatic carbocycles. The third-order valence-electron chi connectivity index (χ3n) is 1.18. The number of nitrogens with zero attached hydrogens (tertiary/aromatic N) is 2. The van der Waals surface area contributed by atoms with Gasteiger partial charge in [0.2, 0.25) is 0 Å². The molecule has 0 amide bonds. The first-order chi connectivity index (χ1) is 5.36. The summed E-state index contributed by atoms with van der Waals surface area (Å²) in [5, 5.41) is 11.0. The Morgan fingerprint density at radius 2 is 2.55 bits per heavy atom. The van der Waals surface area contributed by atoms with E-state index in [9.17, 15) is 0 Å². The molecule has 1 heterocycles. The van der Waals surface area contributed by atoms with Crippen LogP contribution in [0.2, 0.25) is 0 Å². The monoisotopic (exact) mass is 152 g/mol. The van der Waals surface area contributed by atoms with Crippen LogP contribution in [0.25, 0.3) is 0 Å². The minimum atomic E-state index is 0.562. The minimum absolute atomic E-state index is 0.562. The smallest absolute Gasteiger partial charge is 0.122 e. The number of pyridine rings is 1. The van der Waals surface area contributed by atoms with E-state index in [1.54, 1.807) is 25.4 Å². The summed E-state index contributed by atoms with van der Waals surface area (Å²) in [6.07, 6.45) is 2.82. The second-order valence-corrected chi connectivity index (χ2v) is 1.87. The highest BCUT2D eigenvalue weighted by Gasteiger charge is 1.92. The summed E-state index contributed by atoms with van der Waals surface area (Å²) in [6, 6.07) is 3.38. The van der Waals surface area contributed by atoms with Crippen molar-refractivity contribution in [2.24, 2.45) is 5.16 Å². The third-order valence-corrected chi connectivity index (χ3v) is 1.18. The number of methoxy groups -OCH3 is 1. The van der Waals surface area contributed by atoms with Gasteiger partial charge >= 0.3 is 0 Å². The molecule has 0 aliphatic rings. The van der Waals surface area contributed by atoms with E-state index < -0.39 is 0 Å². The summed E-state index contributed by atoms with van der Waals surface area (Å²) in [5.41, 5.74) is 0.562. The molecule has 11 heavy (non-hydrogen) atoms. The Labute approximate surface area is 64.1 Å². The Morgan fingerprint density at radius 1 is 1.73 bits per heavy atom. The Kier molecular flexibility index (Phi) is 2.43. The van der Waals surface area contributed by atoms with E-state index in [0.717, 1.165) is 0 Å². The maximum atomic E-state index is 8.17. The van der Waals surface area contributed by atoms with Gasteiger partial charge in [0.05, 0.1) is 19.0 Å². The van der Waals surface area contributed by atoms with E-state index in [0.29, 0.717) is 11.4 Å². The minimum Gasteiger partial charge on any atom is -0.497 e. The molecule has 0 saturated carbocycles. The predicted molar refractivity (Wildman–Crippen MR) is 40.2 cm³/mol. The SMILES string of the molecule is COc1ccnc(C=NO)c1. The van der Waals surface area contributed by atoms with Gasteiger partial charge in [-0.3, -0.25) is 4.98 Å². The van der Waals surface area contributed by atoms with Crippen LogP contribution in [-0.4, -0.2) is 23.5 Å². The largest absolute Gasteiger partial charge is 0.497 e. The summed E-state index contributed by atoms with van der Waals surface area (Å²) in [4.78, 5) is 3.89. The molecule has 1 rings (SSSR count). The molecule has 4 heteroatoms. The van der Waals surface area contributed by atoms with Crippen molar-refractivity contribution in [3.63, 3.8) is 0 Å². The molecule has 0 bridgehead atoms. The molecule has 0 saturated heterocycles. The second kappa shape index (κ2) is 3.55. The lowest BCUT2D eigenvalue weighted by Gasteiger charge is -1.97. The lowest BCUT2D eigenvalue weighted by atomic mass is 10.3. The van der Waals surface area contributed by atoms with Crippen LogP contribution >= 0.6 is 0 Å². The van der Waals surface area contributed by atoms with Crippen molar-refractivity contribution in [2.45, 2.75) is 0 Å². The first-order valence-corrected chi connectivity index (χ1v) is 3.04. The van der Waals surface area contributed by atoms with Crippen molar-refractivity contribution in [1.29, 1.82) is 0 Å². The molecule has 58 valence electrons. The molecule has 0 atom stereocenters. The van der Waals surface area contributed by atoms with Crippen molar-refractivity contribution < 1.29 is 9.94 Å². The number of aromatic nitrogens is 1. The van der Waals surface area contributed by atoms with Crippen LogP contribution in [0.15, 0.2) is 23.5 Å². The second-order valence-electron chi connectivity index (χ2n) is 1.87. The van der Waals surface area contributed by atoms with Gasteiger partial charge in [0.25, 0.3) is 0 Å². The van der Waals surface area contributed by atoms with Crippen LogP contribution in [0.5, 0.6) is 5.75 Å². The molecule has 1 N–H and O–H groups in total. The highest BCUT2D eigenvalue weighted by Crippen LogP contribution is 2.07. The quantitative estimate of drug-likeness (QED) is 0.389. The van der Waals surface area contributed by atoms with Gasteiger partial charge in [-0.25, -0.2) is 0 Å². The van der Waals surface area contributed by atoms with Crippen LogP contribution in [0.4, 0.5) is 0 Å². The highest BCUT2D eigenvalue weighted by molar-refractivity contribution is 5.76. The van der Waals surface area contributed by atoms with Crippen molar-refractivity contribution in [3.8, 4) is 5.75 Å². The molecular formula is C7H8N2O2. The molecule has 1 aromatic rings. The van der Waals surface area contributed by atoms with Gasteiger partial charge in [0.1, 0.15) is 5.75 Å². The van der Waals surface area contributed by atoms with E-state index in [2.05, 4.69) is 10.1 Å². The van der Waals surface area contributed by atoms with Gasteiger partial charge in [-0.05, 0) is 6.07 Å². The molecule has 0 radical (unpaired) electrons. The van der Waals surface area contributed by atoms with Crippen molar-refractivity contribution >= 4 is 6.21 Å². The van der Waals surface area contributed by atoms with Crippen LogP contribution < -0.4 is 4.74 Å². The zero-order valence-electron chi connectivity index (χ0n) is 6.06. The van der Waals surface area contributed by atoms with Gasteiger partial charge in [-0.15, -0.1) is 0 Å². The fraction of sp³-hybridized carbons (Fsp3) is 0.143. The van der Waals surface area contributed by atoms with Crippen molar-refractivity contribution in [1.82, 2.24) is 4.98 Å². The Hall–Kier alpha value is -1.58. The number of hydrogen-bond donors (Lipinski definition) is 1. The van der Waals surface area contributed by atoms with E-state index in [4.69, 9.17) is 9.94 Å². The standard InChI is InChI=1S/C7H8N2O2/c1-11-7-2-3-8-6(4-7)5-9-10/h2-5,10H,1H3. The summed E-state index contributed by atoms with van der Waals surface area (Å²) in [7, 11) is 1.56. The molecule has 0 unspecified atom stereocenters. The van der Waals surface area contributed by atoms with Gasteiger partial charge in [0.15, 0.2) is 0 Å². The normalized spacial score (nSPS) is 10.3. The van der Waals surface area contributed by atoms with Crippen molar-refractivity contribution in [2.75, 3.05) is 7.11 Å². The average molecular weight is 152 g/mol. The van der Waals surface area contributed by atoms with Crippen LogP contribution in [0, 0.1) is 0 Å². The fourth-order valence-electron chi connectivity index (χ4n) is 0.685. The maximum Gasteiger partial charge on any atom is 0.122 e. The number of rotatable bonds is 2. The molecule has 0 fully saturated rings. The maximum absolute atomic E-state index is 8.17. The zero-order chi connectivity index (χ0) is 8.10. The summed E-state index contributed by atoms with van der Waals surface area (Å²) < 4.78 is 4.92. The van der Waals surface area contributed by atoms with Gasteiger partial charge in [-0.1, -0.05) is 5.16 Å². The predicted octanol–water partition coefficient (Wildman–Crippen LogP) is 0.898. The molecular weight excluding hydrogens is 144 g/mol. The van der Waals surface area contributed by atoms with Crippen LogP contribution in [0.1, 0.15) is 5.69 Å². The lowest BCUT2D eigenvalue weighted by molar-refractivity contribution is 0.321. The first kappa shape index (κ1) is 7.53. The molecule has 0 spiro atoms. The van der Waals surface area contributed by atoms with Gasteiger partial charge in [-0.2, -0.15) is 0 Å². The van der Waals surface area contributed by atoms with E-state index >= 15 is 0 Å². The van der Waals surface area contributed by atoms with Gasteiger partial charge in [0, 0.05) is 12.3 Å². The highest BCUT2D eigenvalue weighted by atomic mass is 16.5. The first-order valence-electron chi connectivity index (χ1n) is 3.04. The molecule has 1 aromatic heterocycles. The lowest BCUT2D eigenvalue weighted by Crippen LogP contribution is -1.89. The van der Waals surface area contributed by atoms with E-state index in [1.165, 1.54) is 6.21 Å². The van der Waals surface area contributed by atoms with Crippen LogP contribution in [-0.2, 0) is 0 Å². The summed E-state index contributed by atoms with van der Waals surface area (Å²) in [5.74, 6) is 0.690. The Balaban J connectivity index is 2.91. The average Bonchev–Trinajstić information content (AvgIpc) is 2.06. The van der Waals surface area contributed by atoms with Gasteiger partial charge < -0.3 is 9.94 Å². The topological polar surface area (TPSA) is 54.7 Å². The molecule has 0 aliphatic heterocycles. The number of ether oxygens (including phenoxy) is 1. The third kappa shape index (κ3) is 1.93. The van der Waals surface area contributed by atoms with E-state index in [1.807, 2.05) is 0 Å². The Bertz CT molecular complexity index is 260. The fourth-order valence-corrected chi connectivity index (χ4v) is 0.685. The number of oxime groups is 1. The molecule has 0 aliphatic carbocycles. The number of hydrogen-bond acceptors (Lipinski definition) is 4. The summed E-state index contributed by atoms with van der Waals surface area (Å²) >= 11 is 0. The zero-order valence-corrected chi connectivity index (χ0v) is 6.06. The Morgan fingerprint density at radius 3 is 3.18 bits per heavy atom. The summed E-state index contributed by atoms with van der Waals surface area (Å²) in [6.45, 7) is 0. The molecule has 4 nitrogen and oxygen atoms in total. The van der Waals surface area contributed by atoms with E-state index in [-0.39, 0.29) is 0 Å². The van der Waals surface area contributed by atoms with Crippen LogP contribution in [0.3, 0.4) is 0 Å².